The molecule has 2 unspecified atom stereocenters. The Kier molecular flexibility index (Phi) is 5.09. The summed E-state index contributed by atoms with van der Waals surface area (Å²) in [4.78, 5) is 15.5. The van der Waals surface area contributed by atoms with Crippen molar-refractivity contribution in [2.75, 3.05) is 18.8 Å². The number of hydrogen-bond acceptors (Lipinski definition) is 3. The van der Waals surface area contributed by atoms with E-state index in [1.165, 1.54) is 12.8 Å². The highest BCUT2D eigenvalue weighted by Gasteiger charge is 2.30. The first-order valence-electron chi connectivity index (χ1n) is 7.63. The van der Waals surface area contributed by atoms with Crippen LogP contribution in [0.1, 0.15) is 25.7 Å². The van der Waals surface area contributed by atoms with Gasteiger partial charge < -0.3 is 10.2 Å². The fraction of sp³-hybridized carbons (Fsp3) is 0.562. The van der Waals surface area contributed by atoms with Crippen molar-refractivity contribution in [1.29, 1.82) is 0 Å². The van der Waals surface area contributed by atoms with Gasteiger partial charge in [-0.05, 0) is 31.4 Å². The average Bonchev–Trinajstić information content (AvgIpc) is 2.80. The lowest BCUT2D eigenvalue weighted by Gasteiger charge is -2.24. The van der Waals surface area contributed by atoms with Gasteiger partial charge in [0.25, 0.3) is 0 Å². The van der Waals surface area contributed by atoms with Crippen LogP contribution in [0.2, 0.25) is 5.02 Å². The molecule has 5 heteroatoms. The number of nitrogens with one attached hydrogen (secondary N) is 1. The molecule has 0 aromatic heterocycles. The number of nitrogens with zero attached hydrogens (tertiary/aromatic N) is 1. The van der Waals surface area contributed by atoms with Gasteiger partial charge in [-0.25, -0.2) is 0 Å². The summed E-state index contributed by atoms with van der Waals surface area (Å²) in [5.41, 5.74) is 0. The number of fused-ring (bicyclic) bond motifs is 2. The molecule has 21 heavy (non-hydrogen) atoms. The highest BCUT2D eigenvalue weighted by Crippen LogP contribution is 2.27. The quantitative estimate of drug-likeness (QED) is 0.863. The molecule has 0 radical (unpaired) electrons. The lowest BCUT2D eigenvalue weighted by atomic mass is 10.1. The molecule has 2 heterocycles. The summed E-state index contributed by atoms with van der Waals surface area (Å²) in [6, 6.07) is 8.95. The van der Waals surface area contributed by atoms with E-state index in [4.69, 9.17) is 11.6 Å². The van der Waals surface area contributed by atoms with Crippen molar-refractivity contribution in [2.24, 2.45) is 0 Å². The van der Waals surface area contributed by atoms with Crippen molar-refractivity contribution in [3.63, 3.8) is 0 Å². The minimum Gasteiger partial charge on any atom is -0.341 e. The molecule has 114 valence electrons. The van der Waals surface area contributed by atoms with Crippen LogP contribution in [0.4, 0.5) is 0 Å². The molecular formula is C16H21ClN2OS. The number of amides is 1. The number of carbonyl (C=O) groups excluding carboxylic acids is 1. The van der Waals surface area contributed by atoms with Crippen LogP contribution in [-0.2, 0) is 4.79 Å². The van der Waals surface area contributed by atoms with Crippen LogP contribution < -0.4 is 5.32 Å². The molecule has 0 saturated carbocycles. The third kappa shape index (κ3) is 3.93. The Hall–Kier alpha value is -0.710. The Morgan fingerprint density at radius 3 is 2.95 bits per heavy atom. The molecule has 2 atom stereocenters. The lowest BCUT2D eigenvalue weighted by molar-refractivity contribution is -0.130. The summed E-state index contributed by atoms with van der Waals surface area (Å²) in [5.74, 6) is 1.07. The molecule has 1 N–H and O–H groups in total. The Bertz CT molecular complexity index is 511. The summed E-state index contributed by atoms with van der Waals surface area (Å²) in [5, 5.41) is 4.38. The SMILES string of the molecule is O=C(CCSc1ccccc1Cl)N1CCC2CCC(C1)N2. The van der Waals surface area contributed by atoms with Crippen molar-refractivity contribution in [2.45, 2.75) is 42.7 Å². The standard InChI is InChI=1S/C16H21ClN2OS/c17-14-3-1-2-4-15(14)21-10-8-16(20)19-9-7-12-5-6-13(11-19)18-12/h1-4,12-13,18H,5-11H2. The Balaban J connectivity index is 1.47. The van der Waals surface area contributed by atoms with E-state index in [0.29, 0.717) is 18.5 Å². The first kappa shape index (κ1) is 15.2. The lowest BCUT2D eigenvalue weighted by Crippen LogP contribution is -2.39. The molecule has 2 saturated heterocycles. The largest absolute Gasteiger partial charge is 0.341 e. The zero-order chi connectivity index (χ0) is 14.7. The van der Waals surface area contributed by atoms with Gasteiger partial charge in [-0.15, -0.1) is 11.8 Å². The van der Waals surface area contributed by atoms with E-state index >= 15 is 0 Å². The molecule has 2 fully saturated rings. The fourth-order valence-electron chi connectivity index (χ4n) is 3.14. The fourth-order valence-corrected chi connectivity index (χ4v) is 4.31. The van der Waals surface area contributed by atoms with Gasteiger partial charge in [0.1, 0.15) is 0 Å². The second kappa shape index (κ2) is 7.03. The van der Waals surface area contributed by atoms with E-state index in [-0.39, 0.29) is 5.91 Å². The normalized spacial score (nSPS) is 24.9. The van der Waals surface area contributed by atoms with E-state index < -0.39 is 0 Å². The second-order valence-corrected chi connectivity index (χ2v) is 7.34. The van der Waals surface area contributed by atoms with Crippen LogP contribution in [-0.4, -0.2) is 41.7 Å². The van der Waals surface area contributed by atoms with Crippen LogP contribution in [0.3, 0.4) is 0 Å². The summed E-state index contributed by atoms with van der Waals surface area (Å²) >= 11 is 7.79. The first-order valence-corrected chi connectivity index (χ1v) is 9.00. The number of carbonyl (C=O) groups is 1. The Morgan fingerprint density at radius 2 is 2.10 bits per heavy atom. The smallest absolute Gasteiger partial charge is 0.223 e. The molecule has 3 rings (SSSR count). The molecule has 1 aromatic rings. The van der Waals surface area contributed by atoms with Crippen LogP contribution in [0.25, 0.3) is 0 Å². The summed E-state index contributed by atoms with van der Waals surface area (Å²) in [7, 11) is 0. The van der Waals surface area contributed by atoms with Gasteiger partial charge in [0.15, 0.2) is 0 Å². The van der Waals surface area contributed by atoms with Crippen LogP contribution in [0.5, 0.6) is 0 Å². The summed E-state index contributed by atoms with van der Waals surface area (Å²) < 4.78 is 0. The molecule has 1 aromatic carbocycles. The van der Waals surface area contributed by atoms with Gasteiger partial charge in [0.2, 0.25) is 5.91 Å². The third-order valence-electron chi connectivity index (χ3n) is 4.29. The van der Waals surface area contributed by atoms with Crippen LogP contribution in [0.15, 0.2) is 29.2 Å². The third-order valence-corrected chi connectivity index (χ3v) is 5.80. The van der Waals surface area contributed by atoms with Crippen molar-refractivity contribution in [3.05, 3.63) is 29.3 Å². The zero-order valence-electron chi connectivity index (χ0n) is 12.1. The second-order valence-electron chi connectivity index (χ2n) is 5.80. The molecule has 1 amide bonds. The number of rotatable bonds is 4. The maximum absolute atomic E-state index is 12.4. The van der Waals surface area contributed by atoms with Gasteiger partial charge >= 0.3 is 0 Å². The van der Waals surface area contributed by atoms with E-state index in [2.05, 4.69) is 5.32 Å². The van der Waals surface area contributed by atoms with Crippen molar-refractivity contribution >= 4 is 29.3 Å². The van der Waals surface area contributed by atoms with E-state index in [0.717, 1.165) is 35.2 Å². The Labute approximate surface area is 135 Å². The predicted molar refractivity (Wildman–Crippen MR) is 87.9 cm³/mol. The highest BCUT2D eigenvalue weighted by molar-refractivity contribution is 7.99. The monoisotopic (exact) mass is 324 g/mol. The first-order chi connectivity index (χ1) is 10.2. The van der Waals surface area contributed by atoms with E-state index in [1.54, 1.807) is 11.8 Å². The number of hydrogen-bond donors (Lipinski definition) is 1. The highest BCUT2D eigenvalue weighted by atomic mass is 35.5. The molecule has 2 bridgehead atoms. The van der Waals surface area contributed by atoms with Crippen molar-refractivity contribution < 1.29 is 4.79 Å². The summed E-state index contributed by atoms with van der Waals surface area (Å²) in [6.45, 7) is 1.79. The molecule has 2 aliphatic heterocycles. The molecule has 3 nitrogen and oxygen atoms in total. The maximum atomic E-state index is 12.4. The minimum absolute atomic E-state index is 0.281. The van der Waals surface area contributed by atoms with Gasteiger partial charge in [-0.2, -0.15) is 0 Å². The molecule has 0 aliphatic carbocycles. The van der Waals surface area contributed by atoms with Gasteiger partial charge in [-0.3, -0.25) is 4.79 Å². The Morgan fingerprint density at radius 1 is 1.29 bits per heavy atom. The van der Waals surface area contributed by atoms with Crippen LogP contribution >= 0.6 is 23.4 Å². The maximum Gasteiger partial charge on any atom is 0.223 e. The average molecular weight is 325 g/mol. The van der Waals surface area contributed by atoms with Crippen LogP contribution in [0, 0.1) is 0 Å². The van der Waals surface area contributed by atoms with Gasteiger partial charge in [-0.1, -0.05) is 23.7 Å². The van der Waals surface area contributed by atoms with E-state index in [9.17, 15) is 4.79 Å². The molecule has 0 spiro atoms. The van der Waals surface area contributed by atoms with Gasteiger partial charge in [0, 0.05) is 42.2 Å². The number of halogens is 1. The molecule has 2 aliphatic rings. The summed E-state index contributed by atoms with van der Waals surface area (Å²) in [6.07, 6.45) is 4.17. The minimum atomic E-state index is 0.281. The topological polar surface area (TPSA) is 32.3 Å². The zero-order valence-corrected chi connectivity index (χ0v) is 13.6. The predicted octanol–water partition coefficient (Wildman–Crippen LogP) is 3.18. The van der Waals surface area contributed by atoms with Gasteiger partial charge in [0.05, 0.1) is 5.02 Å². The number of thioether (sulfide) groups is 1. The molecular weight excluding hydrogens is 304 g/mol. The number of likely N-dealkylation sites (tertiary alicyclic amines) is 1. The van der Waals surface area contributed by atoms with Crippen molar-refractivity contribution in [3.8, 4) is 0 Å². The van der Waals surface area contributed by atoms with Crippen molar-refractivity contribution in [1.82, 2.24) is 10.2 Å². The number of benzene rings is 1. The van der Waals surface area contributed by atoms with E-state index in [1.807, 2.05) is 29.2 Å².